The van der Waals surface area contributed by atoms with Crippen molar-refractivity contribution < 1.29 is 14.9 Å². The zero-order valence-corrected chi connectivity index (χ0v) is 14.8. The van der Waals surface area contributed by atoms with Crippen molar-refractivity contribution in [3.63, 3.8) is 0 Å². The lowest BCUT2D eigenvalue weighted by atomic mass is 9.86. The van der Waals surface area contributed by atoms with Crippen molar-refractivity contribution in [1.82, 2.24) is 5.01 Å². The lowest BCUT2D eigenvalue weighted by molar-refractivity contribution is 0.0397. The highest BCUT2D eigenvalue weighted by atomic mass is 16.5. The molecule has 1 aromatic rings. The van der Waals surface area contributed by atoms with Gasteiger partial charge in [0.25, 0.3) is 0 Å². The fourth-order valence-electron chi connectivity index (χ4n) is 3.14. The third-order valence-corrected chi connectivity index (χ3v) is 4.31. The Morgan fingerprint density at radius 2 is 1.57 bits per heavy atom. The average Bonchev–Trinajstić information content (AvgIpc) is 2.49. The summed E-state index contributed by atoms with van der Waals surface area (Å²) in [5.74, 6) is 0.731. The van der Waals surface area contributed by atoms with Gasteiger partial charge in [-0.15, -0.1) is 0 Å². The Bertz CT molecular complexity index is 589. The molecule has 1 aliphatic heterocycles. The van der Waals surface area contributed by atoms with Crippen LogP contribution in [0.3, 0.4) is 0 Å². The number of morpholine rings is 1. The van der Waals surface area contributed by atoms with Gasteiger partial charge in [-0.2, -0.15) is 5.10 Å². The van der Waals surface area contributed by atoms with Crippen LogP contribution in [0.25, 0.3) is 0 Å². The molecule has 1 aromatic carbocycles. The molecule has 0 bridgehead atoms. The highest BCUT2D eigenvalue weighted by molar-refractivity contribution is 5.88. The van der Waals surface area contributed by atoms with Gasteiger partial charge in [0.1, 0.15) is 11.5 Å². The molecular weight excluding hydrogens is 292 g/mol. The Labute approximate surface area is 138 Å². The smallest absolute Gasteiger partial charge is 0.128 e. The molecule has 0 aliphatic carbocycles. The van der Waals surface area contributed by atoms with E-state index in [0.717, 1.165) is 29.8 Å². The van der Waals surface area contributed by atoms with Crippen molar-refractivity contribution in [3.8, 4) is 11.5 Å². The number of rotatable bonds is 4. The van der Waals surface area contributed by atoms with Crippen molar-refractivity contribution >= 4 is 6.21 Å². The fraction of sp³-hybridized carbons (Fsp3) is 0.611. The van der Waals surface area contributed by atoms with E-state index >= 15 is 0 Å². The number of nitrogens with zero attached hydrogens (tertiary/aromatic N) is 2. The molecule has 2 N–H and O–H groups in total. The third-order valence-electron chi connectivity index (χ3n) is 4.31. The molecule has 0 unspecified atom stereocenters. The van der Waals surface area contributed by atoms with Gasteiger partial charge in [-0.25, -0.2) is 0 Å². The lowest BCUT2D eigenvalue weighted by Gasteiger charge is -2.25. The number of phenolic OH excluding ortho intramolecular Hbond substituents is 2. The molecule has 5 nitrogen and oxygen atoms in total. The monoisotopic (exact) mass is 320 g/mol. The maximum absolute atomic E-state index is 10.7. The Morgan fingerprint density at radius 1 is 1.00 bits per heavy atom. The van der Waals surface area contributed by atoms with Crippen LogP contribution in [-0.4, -0.2) is 47.7 Å². The van der Waals surface area contributed by atoms with Crippen LogP contribution in [0.1, 0.15) is 61.8 Å². The van der Waals surface area contributed by atoms with Gasteiger partial charge >= 0.3 is 0 Å². The summed E-state index contributed by atoms with van der Waals surface area (Å²) in [5, 5.41) is 27.8. The van der Waals surface area contributed by atoms with Crippen molar-refractivity contribution in [1.29, 1.82) is 0 Å². The van der Waals surface area contributed by atoms with E-state index in [1.165, 1.54) is 0 Å². The van der Waals surface area contributed by atoms with Gasteiger partial charge in [0.15, 0.2) is 0 Å². The van der Waals surface area contributed by atoms with E-state index in [1.54, 1.807) is 6.21 Å². The number of aromatic hydroxyl groups is 2. The first-order valence-electron chi connectivity index (χ1n) is 8.29. The highest BCUT2D eigenvalue weighted by Gasteiger charge is 2.24. The van der Waals surface area contributed by atoms with E-state index in [-0.39, 0.29) is 23.3 Å². The second kappa shape index (κ2) is 7.21. The molecule has 1 fully saturated rings. The molecule has 1 aliphatic rings. The van der Waals surface area contributed by atoms with Crippen LogP contribution in [0.5, 0.6) is 11.5 Å². The van der Waals surface area contributed by atoms with Gasteiger partial charge in [-0.3, -0.25) is 5.01 Å². The molecule has 23 heavy (non-hydrogen) atoms. The largest absolute Gasteiger partial charge is 0.507 e. The van der Waals surface area contributed by atoms with Crippen molar-refractivity contribution in [2.75, 3.05) is 26.3 Å². The number of hydrogen-bond donors (Lipinski definition) is 2. The van der Waals surface area contributed by atoms with Crippen LogP contribution in [0.2, 0.25) is 0 Å². The molecule has 1 saturated heterocycles. The summed E-state index contributed by atoms with van der Waals surface area (Å²) in [4.78, 5) is 0. The summed E-state index contributed by atoms with van der Waals surface area (Å²) in [6.07, 6.45) is 1.67. The van der Waals surface area contributed by atoms with Gasteiger partial charge < -0.3 is 14.9 Å². The second-order valence-corrected chi connectivity index (χ2v) is 6.68. The summed E-state index contributed by atoms with van der Waals surface area (Å²) in [6, 6.07) is 0. The maximum Gasteiger partial charge on any atom is 0.128 e. The summed E-state index contributed by atoms with van der Waals surface area (Å²) < 4.78 is 5.31. The average molecular weight is 320 g/mol. The third kappa shape index (κ3) is 3.61. The van der Waals surface area contributed by atoms with Gasteiger partial charge in [0.2, 0.25) is 0 Å². The number of ether oxygens (including phenoxy) is 1. The first-order chi connectivity index (χ1) is 10.8. The zero-order chi connectivity index (χ0) is 17.1. The predicted molar refractivity (Wildman–Crippen MR) is 92.7 cm³/mol. The fourth-order valence-corrected chi connectivity index (χ4v) is 3.14. The summed E-state index contributed by atoms with van der Waals surface area (Å²) in [7, 11) is 0. The molecule has 5 heteroatoms. The minimum atomic E-state index is 0.0881. The Kier molecular flexibility index (Phi) is 5.52. The first-order valence-corrected chi connectivity index (χ1v) is 8.29. The van der Waals surface area contributed by atoms with Crippen LogP contribution in [0, 0.1) is 6.92 Å². The van der Waals surface area contributed by atoms with E-state index in [4.69, 9.17) is 4.74 Å². The molecule has 0 amide bonds. The highest BCUT2D eigenvalue weighted by Crippen LogP contribution is 2.43. The van der Waals surface area contributed by atoms with E-state index in [2.05, 4.69) is 5.10 Å². The topological polar surface area (TPSA) is 65.3 Å². The summed E-state index contributed by atoms with van der Waals surface area (Å²) >= 11 is 0. The maximum atomic E-state index is 10.7. The van der Waals surface area contributed by atoms with Gasteiger partial charge in [-0.05, 0) is 24.3 Å². The quantitative estimate of drug-likeness (QED) is 0.660. The molecule has 0 saturated carbocycles. The Morgan fingerprint density at radius 3 is 2.09 bits per heavy atom. The van der Waals surface area contributed by atoms with Gasteiger partial charge in [0, 0.05) is 16.7 Å². The Hall–Kier alpha value is -1.75. The first kappa shape index (κ1) is 17.6. The minimum absolute atomic E-state index is 0.0881. The number of hydrogen-bond acceptors (Lipinski definition) is 5. The standard InChI is InChI=1S/C18H28N2O3/c1-11(2)15-13(5)17(21)14(16(12(3)4)18(15)22)10-19-20-6-8-23-9-7-20/h10-12,21-22H,6-9H2,1-5H3/b19-10+. The molecule has 1 heterocycles. The summed E-state index contributed by atoms with van der Waals surface area (Å²) in [5.41, 5.74) is 2.92. The Balaban J connectivity index is 2.51. The van der Waals surface area contributed by atoms with Crippen LogP contribution in [0.4, 0.5) is 0 Å². The second-order valence-electron chi connectivity index (χ2n) is 6.68. The van der Waals surface area contributed by atoms with E-state index < -0.39 is 0 Å². The number of benzene rings is 1. The van der Waals surface area contributed by atoms with Crippen LogP contribution in [0.15, 0.2) is 5.10 Å². The molecule has 0 aromatic heterocycles. The molecule has 2 rings (SSSR count). The zero-order valence-electron chi connectivity index (χ0n) is 14.8. The normalized spacial score (nSPS) is 16.0. The van der Waals surface area contributed by atoms with Crippen molar-refractivity contribution in [3.05, 3.63) is 22.3 Å². The van der Waals surface area contributed by atoms with Crippen molar-refractivity contribution in [2.45, 2.75) is 46.5 Å². The number of hydrazone groups is 1. The van der Waals surface area contributed by atoms with Crippen molar-refractivity contribution in [2.24, 2.45) is 5.10 Å². The van der Waals surface area contributed by atoms with E-state index in [1.807, 2.05) is 39.6 Å². The SMILES string of the molecule is Cc1c(O)c(/C=N/N2CCOCC2)c(C(C)C)c(O)c1C(C)C. The molecule has 0 radical (unpaired) electrons. The molecule has 128 valence electrons. The van der Waals surface area contributed by atoms with Crippen LogP contribution >= 0.6 is 0 Å². The predicted octanol–water partition coefficient (Wildman–Crippen LogP) is 3.32. The van der Waals surface area contributed by atoms with Crippen LogP contribution < -0.4 is 0 Å². The molecule has 0 atom stereocenters. The van der Waals surface area contributed by atoms with Crippen LogP contribution in [-0.2, 0) is 4.74 Å². The van der Waals surface area contributed by atoms with Gasteiger partial charge in [-0.1, -0.05) is 27.7 Å². The van der Waals surface area contributed by atoms with E-state index in [0.29, 0.717) is 18.8 Å². The molecular formula is C18H28N2O3. The lowest BCUT2D eigenvalue weighted by Crippen LogP contribution is -2.32. The summed E-state index contributed by atoms with van der Waals surface area (Å²) in [6.45, 7) is 12.7. The minimum Gasteiger partial charge on any atom is -0.507 e. The number of phenols is 2. The molecule has 0 spiro atoms. The van der Waals surface area contributed by atoms with E-state index in [9.17, 15) is 10.2 Å². The van der Waals surface area contributed by atoms with Gasteiger partial charge in [0.05, 0.1) is 32.5 Å².